The number of anilines is 3. The summed E-state index contributed by atoms with van der Waals surface area (Å²) in [5.74, 6) is -0.224. The van der Waals surface area contributed by atoms with Crippen LogP contribution in [0.3, 0.4) is 0 Å². The molecule has 4 aromatic rings. The van der Waals surface area contributed by atoms with Crippen LogP contribution in [0.5, 0.6) is 0 Å². The normalized spacial score (nSPS) is 11.8. The number of amides is 1. The first kappa shape index (κ1) is 26.9. The van der Waals surface area contributed by atoms with Crippen LogP contribution in [-0.4, -0.2) is 39.7 Å². The van der Waals surface area contributed by atoms with Gasteiger partial charge in [-0.1, -0.05) is 36.4 Å². The number of nitrogens with one attached hydrogen (secondary N) is 3. The molecule has 0 saturated carbocycles. The second-order valence-electron chi connectivity index (χ2n) is 10.8. The number of nitrogens with zero attached hydrogens (tertiary/aromatic N) is 1. The highest BCUT2D eigenvalue weighted by Crippen LogP contribution is 2.34. The third-order valence-electron chi connectivity index (χ3n) is 5.98. The van der Waals surface area contributed by atoms with Crippen molar-refractivity contribution in [3.63, 3.8) is 0 Å². The van der Waals surface area contributed by atoms with E-state index in [1.165, 1.54) is 0 Å². The molecule has 0 fully saturated rings. The van der Waals surface area contributed by atoms with E-state index in [-0.39, 0.29) is 18.9 Å². The van der Waals surface area contributed by atoms with Gasteiger partial charge in [-0.3, -0.25) is 4.79 Å². The molecule has 0 aliphatic heterocycles. The van der Waals surface area contributed by atoms with Crippen molar-refractivity contribution in [1.82, 2.24) is 10.3 Å². The number of para-hydroxylation sites is 2. The zero-order chi connectivity index (χ0) is 27.5. The second-order valence-corrected chi connectivity index (χ2v) is 10.8. The first-order valence-electron chi connectivity index (χ1n) is 12.5. The minimum atomic E-state index is -1.00. The van der Waals surface area contributed by atoms with Crippen LogP contribution in [0.2, 0.25) is 0 Å². The SMILES string of the molecule is CC(C)(C)OC(=O)NCC(=O)C(C)(C)Nc1cc(CO)cc(Nc2c3ccccc3nc3ccccc23)c1. The van der Waals surface area contributed by atoms with Gasteiger partial charge in [0.15, 0.2) is 5.78 Å². The smallest absolute Gasteiger partial charge is 0.408 e. The van der Waals surface area contributed by atoms with Crippen LogP contribution in [0.1, 0.15) is 40.2 Å². The summed E-state index contributed by atoms with van der Waals surface area (Å²) in [6, 6.07) is 21.4. The van der Waals surface area contributed by atoms with Crippen LogP contribution >= 0.6 is 0 Å². The summed E-state index contributed by atoms with van der Waals surface area (Å²) < 4.78 is 5.22. The molecule has 4 N–H and O–H groups in total. The molecule has 0 aliphatic rings. The number of hydrogen-bond acceptors (Lipinski definition) is 7. The molecule has 1 amide bonds. The van der Waals surface area contributed by atoms with Crippen molar-refractivity contribution in [2.75, 3.05) is 17.2 Å². The van der Waals surface area contributed by atoms with Crippen LogP contribution < -0.4 is 16.0 Å². The van der Waals surface area contributed by atoms with E-state index in [4.69, 9.17) is 9.72 Å². The Morgan fingerprint density at radius 1 is 0.868 bits per heavy atom. The fourth-order valence-corrected chi connectivity index (χ4v) is 4.16. The van der Waals surface area contributed by atoms with Gasteiger partial charge >= 0.3 is 6.09 Å². The minimum Gasteiger partial charge on any atom is -0.444 e. The minimum absolute atomic E-state index is 0.170. The van der Waals surface area contributed by atoms with E-state index in [9.17, 15) is 14.7 Å². The number of ketones is 1. The van der Waals surface area contributed by atoms with E-state index < -0.39 is 17.2 Å². The number of carbonyl (C=O) groups is 2. The molecular formula is C30H34N4O4. The fraction of sp³-hybridized carbons (Fsp3) is 0.300. The summed E-state index contributed by atoms with van der Waals surface area (Å²) in [7, 11) is 0. The highest BCUT2D eigenvalue weighted by atomic mass is 16.6. The van der Waals surface area contributed by atoms with E-state index in [1.807, 2.05) is 60.7 Å². The van der Waals surface area contributed by atoms with Crippen molar-refractivity contribution in [3.05, 3.63) is 72.3 Å². The number of alkyl carbamates (subject to hydrolysis) is 1. The zero-order valence-corrected chi connectivity index (χ0v) is 22.4. The van der Waals surface area contributed by atoms with Gasteiger partial charge in [0.1, 0.15) is 5.60 Å². The van der Waals surface area contributed by atoms with Crippen LogP contribution in [0.15, 0.2) is 66.7 Å². The van der Waals surface area contributed by atoms with Crippen LogP contribution in [0.25, 0.3) is 21.8 Å². The van der Waals surface area contributed by atoms with Crippen molar-refractivity contribution < 1.29 is 19.4 Å². The molecule has 8 heteroatoms. The van der Waals surface area contributed by atoms with Gasteiger partial charge < -0.3 is 25.8 Å². The van der Waals surface area contributed by atoms with Crippen LogP contribution in [-0.2, 0) is 16.1 Å². The maximum atomic E-state index is 13.0. The Labute approximate surface area is 222 Å². The number of carbonyl (C=O) groups excluding carboxylic acids is 2. The summed E-state index contributed by atoms with van der Waals surface area (Å²) in [4.78, 5) is 29.7. The number of hydrogen-bond donors (Lipinski definition) is 4. The third kappa shape index (κ3) is 6.39. The lowest BCUT2D eigenvalue weighted by Crippen LogP contribution is -2.47. The van der Waals surface area contributed by atoms with Gasteiger partial charge in [-0.2, -0.15) is 0 Å². The first-order valence-corrected chi connectivity index (χ1v) is 12.5. The van der Waals surface area contributed by atoms with Gasteiger partial charge in [0.05, 0.1) is 35.4 Å². The predicted molar refractivity (Wildman–Crippen MR) is 152 cm³/mol. The molecular weight excluding hydrogens is 480 g/mol. The molecule has 0 unspecified atom stereocenters. The number of aromatic nitrogens is 1. The molecule has 0 spiro atoms. The largest absolute Gasteiger partial charge is 0.444 e. The monoisotopic (exact) mass is 514 g/mol. The highest BCUT2D eigenvalue weighted by molar-refractivity contribution is 6.08. The standard InChI is InChI=1S/C30H34N4O4/c1-29(2,3)38-28(37)31-17-26(36)30(4,5)34-21-15-19(18-35)14-20(16-21)32-27-22-10-6-8-12-24(22)33-25-13-9-7-11-23(25)27/h6-16,34-35H,17-18H2,1-5H3,(H,31,37)(H,32,33). The molecule has 0 aliphatic carbocycles. The lowest BCUT2D eigenvalue weighted by Gasteiger charge is -2.27. The van der Waals surface area contributed by atoms with Gasteiger partial charge in [-0.05, 0) is 70.5 Å². The fourth-order valence-electron chi connectivity index (χ4n) is 4.16. The number of Topliss-reactive ketones (excluding diaryl/α,β-unsaturated/α-hetero) is 1. The Hall–Kier alpha value is -4.17. The molecule has 3 aromatic carbocycles. The quantitative estimate of drug-likeness (QED) is 0.216. The summed E-state index contributed by atoms with van der Waals surface area (Å²) in [5, 5.41) is 21.2. The number of aliphatic hydroxyl groups is 1. The summed E-state index contributed by atoms with van der Waals surface area (Å²) in [6.45, 7) is 8.42. The molecule has 198 valence electrons. The van der Waals surface area contributed by atoms with E-state index in [0.29, 0.717) is 11.3 Å². The van der Waals surface area contributed by atoms with E-state index in [0.717, 1.165) is 33.2 Å². The van der Waals surface area contributed by atoms with Gasteiger partial charge in [0, 0.05) is 22.1 Å². The Balaban J connectivity index is 1.60. The zero-order valence-electron chi connectivity index (χ0n) is 22.4. The second kappa shape index (κ2) is 10.7. The molecule has 4 rings (SSSR count). The summed E-state index contributed by atoms with van der Waals surface area (Å²) in [6.07, 6.45) is -0.646. The Morgan fingerprint density at radius 2 is 1.45 bits per heavy atom. The number of pyridine rings is 1. The van der Waals surface area contributed by atoms with Crippen LogP contribution in [0, 0.1) is 0 Å². The van der Waals surface area contributed by atoms with Gasteiger partial charge in [0.2, 0.25) is 0 Å². The predicted octanol–water partition coefficient (Wildman–Crippen LogP) is 5.91. The molecule has 1 heterocycles. The van der Waals surface area contributed by atoms with Crippen molar-refractivity contribution in [1.29, 1.82) is 0 Å². The van der Waals surface area contributed by atoms with Gasteiger partial charge in [0.25, 0.3) is 0 Å². The van der Waals surface area contributed by atoms with E-state index in [2.05, 4.69) is 16.0 Å². The lowest BCUT2D eigenvalue weighted by molar-refractivity contribution is -0.121. The summed E-state index contributed by atoms with van der Waals surface area (Å²) in [5.41, 5.74) is 3.06. The molecule has 0 radical (unpaired) electrons. The van der Waals surface area contributed by atoms with Crippen LogP contribution in [0.4, 0.5) is 21.9 Å². The number of benzene rings is 3. The Morgan fingerprint density at radius 3 is 2.03 bits per heavy atom. The molecule has 0 saturated heterocycles. The number of ether oxygens (including phenoxy) is 1. The maximum Gasteiger partial charge on any atom is 0.408 e. The van der Waals surface area contributed by atoms with Gasteiger partial charge in [-0.15, -0.1) is 0 Å². The number of rotatable bonds is 8. The highest BCUT2D eigenvalue weighted by Gasteiger charge is 2.28. The number of aliphatic hydroxyl groups excluding tert-OH is 1. The molecule has 38 heavy (non-hydrogen) atoms. The molecule has 1 aromatic heterocycles. The maximum absolute atomic E-state index is 13.0. The van der Waals surface area contributed by atoms with Crippen molar-refractivity contribution in [2.24, 2.45) is 0 Å². The molecule has 0 atom stereocenters. The Bertz CT molecular complexity index is 1440. The molecule has 0 bridgehead atoms. The van der Waals surface area contributed by atoms with E-state index in [1.54, 1.807) is 40.7 Å². The number of fused-ring (bicyclic) bond motifs is 2. The third-order valence-corrected chi connectivity index (χ3v) is 5.98. The van der Waals surface area contributed by atoms with Gasteiger partial charge in [-0.25, -0.2) is 9.78 Å². The first-order chi connectivity index (χ1) is 17.9. The average Bonchev–Trinajstić information content (AvgIpc) is 2.85. The summed E-state index contributed by atoms with van der Waals surface area (Å²) >= 11 is 0. The lowest BCUT2D eigenvalue weighted by atomic mass is 9.98. The molecule has 8 nitrogen and oxygen atoms in total. The topological polar surface area (TPSA) is 113 Å². The van der Waals surface area contributed by atoms with Crippen molar-refractivity contribution in [2.45, 2.75) is 52.4 Å². The average molecular weight is 515 g/mol. The van der Waals surface area contributed by atoms with Crippen molar-refractivity contribution in [3.8, 4) is 0 Å². The van der Waals surface area contributed by atoms with E-state index >= 15 is 0 Å². The Kier molecular flexibility index (Phi) is 7.55. The van der Waals surface area contributed by atoms with Crippen molar-refractivity contribution >= 4 is 50.7 Å².